The third kappa shape index (κ3) is 6.42. The highest BCUT2D eigenvalue weighted by Gasteiger charge is 2.42. The van der Waals surface area contributed by atoms with Crippen molar-refractivity contribution in [1.82, 2.24) is 29.7 Å². The smallest absolute Gasteiger partial charge is 0.282 e. The zero-order valence-corrected chi connectivity index (χ0v) is 32.3. The van der Waals surface area contributed by atoms with Gasteiger partial charge in [0, 0.05) is 63.5 Å². The third-order valence-electron chi connectivity index (χ3n) is 12.2. The molecule has 0 bridgehead atoms. The first kappa shape index (κ1) is 37.2. The Hall–Kier alpha value is -5.34. The number of piperazine rings is 1. The highest BCUT2D eigenvalue weighted by Crippen LogP contribution is 2.46. The van der Waals surface area contributed by atoms with Crippen LogP contribution in [0.1, 0.15) is 73.7 Å². The Labute approximate surface area is 331 Å². The third-order valence-corrected chi connectivity index (χ3v) is 12.5. The van der Waals surface area contributed by atoms with Crippen LogP contribution >= 0.6 is 11.6 Å². The van der Waals surface area contributed by atoms with Crippen molar-refractivity contribution >= 4 is 45.8 Å². The van der Waals surface area contributed by atoms with Crippen LogP contribution in [0.2, 0.25) is 5.02 Å². The molecule has 4 aliphatic heterocycles. The summed E-state index contributed by atoms with van der Waals surface area (Å²) in [5.74, 6) is -2.46. The first-order valence-electron chi connectivity index (χ1n) is 19.2. The number of nitrogens with one attached hydrogen (secondary N) is 1. The number of carbonyl (C=O) groups is 2. The molecular formula is C42H40ClF3N8O3. The number of nitrogens with zero attached hydrogens (tertiary/aromatic N) is 7. The minimum Gasteiger partial charge on any atom is -0.368 e. The predicted octanol–water partition coefficient (Wildman–Crippen LogP) is 6.05. The van der Waals surface area contributed by atoms with Gasteiger partial charge in [-0.3, -0.25) is 34.2 Å². The van der Waals surface area contributed by atoms with E-state index < -0.39 is 40.5 Å². The second-order valence-electron chi connectivity index (χ2n) is 16.0. The van der Waals surface area contributed by atoms with E-state index >= 15 is 13.2 Å². The van der Waals surface area contributed by atoms with E-state index in [1.807, 2.05) is 53.6 Å². The van der Waals surface area contributed by atoms with Gasteiger partial charge in [0.25, 0.3) is 5.56 Å². The Morgan fingerprint density at radius 3 is 2.30 bits per heavy atom. The molecule has 1 unspecified atom stereocenters. The number of aromatic nitrogens is 4. The molecule has 2 aromatic heterocycles. The van der Waals surface area contributed by atoms with E-state index in [4.69, 9.17) is 11.6 Å². The van der Waals surface area contributed by atoms with Gasteiger partial charge < -0.3 is 9.80 Å². The van der Waals surface area contributed by atoms with Crippen LogP contribution < -0.4 is 20.7 Å². The van der Waals surface area contributed by atoms with Crippen LogP contribution in [-0.2, 0) is 27.2 Å². The lowest BCUT2D eigenvalue weighted by atomic mass is 9.81. The number of hydrogen-bond donors (Lipinski definition) is 1. The average molecular weight is 797 g/mol. The lowest BCUT2D eigenvalue weighted by Crippen LogP contribution is -2.47. The molecule has 0 radical (unpaired) electrons. The Bertz CT molecular complexity index is 2490. The molecule has 1 N–H and O–H groups in total. The lowest BCUT2D eigenvalue weighted by molar-refractivity contribution is -0.134. The van der Waals surface area contributed by atoms with Crippen molar-refractivity contribution in [3.05, 3.63) is 116 Å². The maximum Gasteiger partial charge on any atom is 0.282 e. The predicted molar refractivity (Wildman–Crippen MR) is 210 cm³/mol. The summed E-state index contributed by atoms with van der Waals surface area (Å²) in [6.45, 7) is 7.74. The fraction of sp³-hybridized carbons (Fsp3) is 0.381. The van der Waals surface area contributed by atoms with Crippen LogP contribution in [-0.4, -0.2) is 75.5 Å². The van der Waals surface area contributed by atoms with Crippen LogP contribution in [0.3, 0.4) is 0 Å². The number of piperidine rings is 2. The Balaban J connectivity index is 0.825. The monoisotopic (exact) mass is 796 g/mol. The fourth-order valence-electron chi connectivity index (χ4n) is 8.96. The minimum absolute atomic E-state index is 0.0346. The number of rotatable bonds is 6. The zero-order valence-electron chi connectivity index (χ0n) is 31.5. The molecule has 3 fully saturated rings. The number of halogens is 4. The molecule has 294 valence electrons. The number of carbonyl (C=O) groups excluding carboxylic acids is 2. The molecule has 4 aliphatic rings. The molecule has 5 aromatic rings. The number of alkyl halides is 1. The molecule has 2 amide bonds. The second-order valence-corrected chi connectivity index (χ2v) is 16.4. The van der Waals surface area contributed by atoms with Gasteiger partial charge in [-0.25, -0.2) is 18.2 Å². The second kappa shape index (κ2) is 13.9. The van der Waals surface area contributed by atoms with Crippen LogP contribution in [0.4, 0.5) is 24.7 Å². The van der Waals surface area contributed by atoms with E-state index in [-0.39, 0.29) is 24.0 Å². The summed E-state index contributed by atoms with van der Waals surface area (Å²) in [6, 6.07) is 13.6. The molecule has 0 aliphatic carbocycles. The summed E-state index contributed by atoms with van der Waals surface area (Å²) < 4.78 is 49.1. The van der Waals surface area contributed by atoms with Crippen molar-refractivity contribution in [1.29, 1.82) is 0 Å². The van der Waals surface area contributed by atoms with Crippen molar-refractivity contribution in [2.45, 2.75) is 63.1 Å². The zero-order chi connectivity index (χ0) is 39.8. The summed E-state index contributed by atoms with van der Waals surface area (Å²) in [4.78, 5) is 56.7. The largest absolute Gasteiger partial charge is 0.368 e. The first-order valence-corrected chi connectivity index (χ1v) is 19.6. The highest BCUT2D eigenvalue weighted by atomic mass is 35.5. The maximum atomic E-state index is 16.8. The van der Waals surface area contributed by atoms with Crippen molar-refractivity contribution in [2.75, 3.05) is 49.1 Å². The van der Waals surface area contributed by atoms with E-state index in [0.29, 0.717) is 97.5 Å². The van der Waals surface area contributed by atoms with Gasteiger partial charge in [0.2, 0.25) is 11.8 Å². The standard InChI is InChI=1S/C42H40ClF3N8O3/c1-41(2)28-8-6-24(18-33(28)54-32-5-3-4-29(43)37(32)39(57)50-40(41)54)42(46)10-12-51(13-11-42)23-25-21-48-34(22-47-25)53-16-14-52(15-17-53)26-19-30(44)36(31(45)20-26)27-7-9-35(55)49-38(27)56/h3-6,8,18-22,27H,7,9-17,23H2,1-2H3,(H,49,55,56). The number of fused-ring (bicyclic) bond motifs is 5. The van der Waals surface area contributed by atoms with Crippen LogP contribution in [0.15, 0.2) is 65.7 Å². The molecule has 11 nitrogen and oxygen atoms in total. The van der Waals surface area contributed by atoms with Gasteiger partial charge in [-0.15, -0.1) is 0 Å². The normalized spacial score (nSPS) is 20.4. The fourth-order valence-corrected chi connectivity index (χ4v) is 9.21. The van der Waals surface area contributed by atoms with Gasteiger partial charge in [-0.2, -0.15) is 4.98 Å². The van der Waals surface area contributed by atoms with Crippen LogP contribution in [0.25, 0.3) is 16.6 Å². The van der Waals surface area contributed by atoms with Gasteiger partial charge in [0.15, 0.2) is 0 Å². The number of hydrogen-bond acceptors (Lipinski definition) is 9. The van der Waals surface area contributed by atoms with E-state index in [1.165, 1.54) is 12.1 Å². The van der Waals surface area contributed by atoms with E-state index in [2.05, 4.69) is 30.1 Å². The summed E-state index contributed by atoms with van der Waals surface area (Å²) in [7, 11) is 0. The number of imide groups is 1. The van der Waals surface area contributed by atoms with Crippen molar-refractivity contribution in [2.24, 2.45) is 0 Å². The summed E-state index contributed by atoms with van der Waals surface area (Å²) in [6.07, 6.45) is 4.18. The topological polar surface area (TPSA) is 117 Å². The van der Waals surface area contributed by atoms with Crippen LogP contribution in [0, 0.1) is 11.6 Å². The van der Waals surface area contributed by atoms with E-state index in [9.17, 15) is 14.4 Å². The van der Waals surface area contributed by atoms with Gasteiger partial charge in [0.05, 0.1) is 51.0 Å². The molecule has 57 heavy (non-hydrogen) atoms. The minimum atomic E-state index is -1.54. The maximum absolute atomic E-state index is 16.8. The molecular weight excluding hydrogens is 757 g/mol. The summed E-state index contributed by atoms with van der Waals surface area (Å²) in [5, 5.41) is 2.85. The van der Waals surface area contributed by atoms with Crippen LogP contribution in [0.5, 0.6) is 0 Å². The quantitative estimate of drug-likeness (QED) is 0.205. The molecule has 15 heteroatoms. The van der Waals surface area contributed by atoms with Crippen molar-refractivity contribution in [3.63, 3.8) is 0 Å². The molecule has 3 aromatic carbocycles. The Morgan fingerprint density at radius 1 is 0.895 bits per heavy atom. The van der Waals surface area contributed by atoms with Gasteiger partial charge in [0.1, 0.15) is 28.9 Å². The molecule has 6 heterocycles. The van der Waals surface area contributed by atoms with Gasteiger partial charge in [-0.1, -0.05) is 29.8 Å². The number of benzene rings is 3. The number of likely N-dealkylation sites (tertiary alicyclic amines) is 1. The Morgan fingerprint density at radius 2 is 1.61 bits per heavy atom. The van der Waals surface area contributed by atoms with Gasteiger partial charge >= 0.3 is 0 Å². The molecule has 9 rings (SSSR count). The van der Waals surface area contributed by atoms with Crippen molar-refractivity contribution < 1.29 is 22.8 Å². The number of anilines is 2. The molecule has 0 saturated carbocycles. The summed E-state index contributed by atoms with van der Waals surface area (Å²) in [5.41, 5.74) is 1.43. The Kier molecular flexibility index (Phi) is 9.11. The summed E-state index contributed by atoms with van der Waals surface area (Å²) >= 11 is 6.45. The van der Waals surface area contributed by atoms with E-state index in [1.54, 1.807) is 18.5 Å². The van der Waals surface area contributed by atoms with Gasteiger partial charge in [-0.05, 0) is 74.6 Å². The molecule has 0 spiro atoms. The molecule has 3 saturated heterocycles. The molecule has 1 atom stereocenters. The lowest BCUT2D eigenvalue weighted by Gasteiger charge is -2.37. The SMILES string of the molecule is CC1(C)c2ccc(C3(F)CCN(Cc4cnc(N5CCN(c6cc(F)c(C7CCC(=O)NC7=O)c(F)c6)CC5)cn4)CC3)cc2-n2c1nc(=O)c1c(Cl)cccc12. The average Bonchev–Trinajstić information content (AvgIpc) is 3.42. The van der Waals surface area contributed by atoms with E-state index in [0.717, 1.165) is 16.9 Å². The number of amides is 2. The highest BCUT2D eigenvalue weighted by molar-refractivity contribution is 6.35. The van der Waals surface area contributed by atoms with Crippen molar-refractivity contribution in [3.8, 4) is 5.69 Å². The first-order chi connectivity index (χ1) is 27.3.